The fraction of sp³-hybridized carbons (Fsp3) is 0.250. The zero-order valence-electron chi connectivity index (χ0n) is 7.23. The van der Waals surface area contributed by atoms with Crippen molar-refractivity contribution in [3.05, 3.63) is 47.5 Å². The Morgan fingerprint density at radius 1 is 1.15 bits per heavy atom. The summed E-state index contributed by atoms with van der Waals surface area (Å²) in [4.78, 5) is 11.5. The first kappa shape index (κ1) is 7.07. The van der Waals surface area contributed by atoms with Crippen LogP contribution in [0.25, 0.3) is 0 Å². The van der Waals surface area contributed by atoms with Crippen LogP contribution in [0.1, 0.15) is 29.4 Å². The molecule has 13 heavy (non-hydrogen) atoms. The summed E-state index contributed by atoms with van der Waals surface area (Å²) in [6.45, 7) is 0. The van der Waals surface area contributed by atoms with E-state index in [1.165, 1.54) is 11.1 Å². The monoisotopic (exact) mass is 170 g/mol. The van der Waals surface area contributed by atoms with Crippen LogP contribution in [0.4, 0.5) is 0 Å². The van der Waals surface area contributed by atoms with E-state index < -0.39 is 0 Å². The maximum atomic E-state index is 11.5. The summed E-state index contributed by atoms with van der Waals surface area (Å²) in [6, 6.07) is 8.29. The molecule has 0 saturated heterocycles. The van der Waals surface area contributed by atoms with Gasteiger partial charge in [-0.25, -0.2) is 0 Å². The smallest absolute Gasteiger partial charge is 0.163 e. The normalized spacial score (nSPS) is 29.1. The van der Waals surface area contributed by atoms with Crippen molar-refractivity contribution in [3.8, 4) is 0 Å². The molecular formula is C12H10O. The van der Waals surface area contributed by atoms with Crippen molar-refractivity contribution in [1.29, 1.82) is 0 Å². The van der Waals surface area contributed by atoms with E-state index in [1.54, 1.807) is 6.08 Å². The van der Waals surface area contributed by atoms with Crippen molar-refractivity contribution in [3.63, 3.8) is 0 Å². The average Bonchev–Trinajstić information content (AvgIpc) is 2.14. The zero-order valence-corrected chi connectivity index (χ0v) is 7.23. The van der Waals surface area contributed by atoms with E-state index in [4.69, 9.17) is 0 Å². The fourth-order valence-corrected chi connectivity index (χ4v) is 2.48. The quantitative estimate of drug-likeness (QED) is 0.584. The molecule has 0 N–H and O–H groups in total. The molecule has 2 aliphatic rings. The van der Waals surface area contributed by atoms with E-state index in [-0.39, 0.29) is 11.7 Å². The molecular weight excluding hydrogens is 160 g/mol. The van der Waals surface area contributed by atoms with Crippen LogP contribution >= 0.6 is 0 Å². The van der Waals surface area contributed by atoms with Crippen LogP contribution in [0.3, 0.4) is 0 Å². The largest absolute Gasteiger partial charge is 0.294 e. The molecule has 1 aromatic carbocycles. The minimum atomic E-state index is 0.182. The lowest BCUT2D eigenvalue weighted by atomic mass is 9.63. The second-order valence-corrected chi connectivity index (χ2v) is 3.75. The van der Waals surface area contributed by atoms with Crippen molar-refractivity contribution in [1.82, 2.24) is 0 Å². The van der Waals surface area contributed by atoms with E-state index in [0.29, 0.717) is 5.92 Å². The van der Waals surface area contributed by atoms with Crippen molar-refractivity contribution >= 4 is 5.78 Å². The third kappa shape index (κ3) is 0.791. The van der Waals surface area contributed by atoms with Gasteiger partial charge in [0.05, 0.1) is 5.92 Å². The molecule has 0 aromatic heterocycles. The summed E-state index contributed by atoms with van der Waals surface area (Å²) < 4.78 is 0. The molecule has 0 spiro atoms. The highest BCUT2D eigenvalue weighted by molar-refractivity contribution is 5.99. The molecule has 2 aliphatic carbocycles. The van der Waals surface area contributed by atoms with Crippen LogP contribution in [0.15, 0.2) is 36.4 Å². The number of ketones is 1. The average molecular weight is 170 g/mol. The van der Waals surface area contributed by atoms with Gasteiger partial charge in [-0.1, -0.05) is 30.3 Å². The predicted octanol–water partition coefficient (Wildman–Crippen LogP) is 2.40. The molecule has 1 aromatic rings. The van der Waals surface area contributed by atoms with Gasteiger partial charge in [0.2, 0.25) is 0 Å². The molecule has 0 heterocycles. The molecule has 0 aliphatic heterocycles. The number of fused-ring (bicyclic) bond motifs is 4. The summed E-state index contributed by atoms with van der Waals surface area (Å²) >= 11 is 0. The van der Waals surface area contributed by atoms with Crippen LogP contribution in [-0.4, -0.2) is 5.78 Å². The van der Waals surface area contributed by atoms with Gasteiger partial charge in [0, 0.05) is 5.92 Å². The van der Waals surface area contributed by atoms with Crippen molar-refractivity contribution in [2.75, 3.05) is 0 Å². The van der Waals surface area contributed by atoms with Gasteiger partial charge in [-0.3, -0.25) is 4.79 Å². The molecule has 0 bridgehead atoms. The van der Waals surface area contributed by atoms with E-state index in [0.717, 1.165) is 6.42 Å². The molecule has 2 unspecified atom stereocenters. The van der Waals surface area contributed by atoms with E-state index in [1.807, 2.05) is 12.1 Å². The number of rotatable bonds is 0. The Kier molecular flexibility index (Phi) is 1.26. The molecule has 1 nitrogen and oxygen atoms in total. The summed E-state index contributed by atoms with van der Waals surface area (Å²) in [5.41, 5.74) is 2.63. The number of allylic oxidation sites excluding steroid dienone is 2. The Morgan fingerprint density at radius 3 is 2.77 bits per heavy atom. The van der Waals surface area contributed by atoms with Crippen LogP contribution in [0.5, 0.6) is 0 Å². The highest BCUT2D eigenvalue weighted by Gasteiger charge is 2.41. The summed E-state index contributed by atoms with van der Waals surface area (Å²) in [5, 5.41) is 0. The van der Waals surface area contributed by atoms with Gasteiger partial charge in [-0.05, 0) is 23.6 Å². The minimum Gasteiger partial charge on any atom is -0.294 e. The number of hydrogen-bond acceptors (Lipinski definition) is 1. The topological polar surface area (TPSA) is 17.1 Å². The molecule has 0 fully saturated rings. The number of hydrogen-bond donors (Lipinski definition) is 0. The molecule has 2 atom stereocenters. The number of benzene rings is 1. The third-order valence-corrected chi connectivity index (χ3v) is 3.11. The van der Waals surface area contributed by atoms with Crippen molar-refractivity contribution in [2.45, 2.75) is 18.3 Å². The lowest BCUT2D eigenvalue weighted by molar-refractivity contribution is -0.117. The molecule has 3 rings (SSSR count). The Labute approximate surface area is 77.1 Å². The van der Waals surface area contributed by atoms with Crippen LogP contribution in [0.2, 0.25) is 0 Å². The van der Waals surface area contributed by atoms with Gasteiger partial charge in [-0.2, -0.15) is 0 Å². The van der Waals surface area contributed by atoms with E-state index in [2.05, 4.69) is 18.2 Å². The van der Waals surface area contributed by atoms with Crippen molar-refractivity contribution in [2.24, 2.45) is 0 Å². The van der Waals surface area contributed by atoms with Gasteiger partial charge < -0.3 is 0 Å². The Balaban J connectivity index is 2.13. The Morgan fingerprint density at radius 2 is 1.92 bits per heavy atom. The lowest BCUT2D eigenvalue weighted by Gasteiger charge is -2.39. The van der Waals surface area contributed by atoms with Gasteiger partial charge in [0.25, 0.3) is 0 Å². The molecule has 64 valence electrons. The maximum absolute atomic E-state index is 11.5. The first-order chi connectivity index (χ1) is 6.38. The van der Waals surface area contributed by atoms with E-state index in [9.17, 15) is 4.79 Å². The van der Waals surface area contributed by atoms with Crippen LogP contribution < -0.4 is 0 Å². The fourth-order valence-electron chi connectivity index (χ4n) is 2.48. The number of carbonyl (C=O) groups excluding carboxylic acids is 1. The highest BCUT2D eigenvalue weighted by Crippen LogP contribution is 2.50. The first-order valence-electron chi connectivity index (χ1n) is 4.67. The van der Waals surface area contributed by atoms with Gasteiger partial charge >= 0.3 is 0 Å². The molecule has 0 amide bonds. The maximum Gasteiger partial charge on any atom is 0.163 e. The second-order valence-electron chi connectivity index (χ2n) is 3.75. The summed E-state index contributed by atoms with van der Waals surface area (Å²) in [6.07, 6.45) is 4.77. The first-order valence-corrected chi connectivity index (χ1v) is 4.67. The van der Waals surface area contributed by atoms with Gasteiger partial charge in [-0.15, -0.1) is 0 Å². The Hall–Kier alpha value is -1.37. The van der Waals surface area contributed by atoms with Crippen LogP contribution in [0, 0.1) is 0 Å². The zero-order chi connectivity index (χ0) is 8.84. The van der Waals surface area contributed by atoms with Crippen LogP contribution in [-0.2, 0) is 4.79 Å². The Bertz CT molecular complexity index is 403. The van der Waals surface area contributed by atoms with E-state index >= 15 is 0 Å². The van der Waals surface area contributed by atoms with Gasteiger partial charge in [0.1, 0.15) is 0 Å². The minimum absolute atomic E-state index is 0.182. The molecule has 0 radical (unpaired) electrons. The highest BCUT2D eigenvalue weighted by atomic mass is 16.1. The van der Waals surface area contributed by atoms with Crippen molar-refractivity contribution < 1.29 is 4.79 Å². The summed E-state index contributed by atoms with van der Waals surface area (Å²) in [5.74, 6) is 0.949. The number of carbonyl (C=O) groups is 1. The molecule has 0 saturated carbocycles. The summed E-state index contributed by atoms with van der Waals surface area (Å²) in [7, 11) is 0. The standard InChI is InChI=1S/C12H10O/c13-11-7-3-6-10-8-4-1-2-5-9(8)12(10)11/h1-5,7,10,12H,6H2. The lowest BCUT2D eigenvalue weighted by Crippen LogP contribution is -2.31. The van der Waals surface area contributed by atoms with Gasteiger partial charge in [0.15, 0.2) is 5.78 Å². The predicted molar refractivity (Wildman–Crippen MR) is 50.7 cm³/mol. The SMILES string of the molecule is O=C1C=CCC2c3ccccc3C12. The second kappa shape index (κ2) is 2.32. The third-order valence-electron chi connectivity index (χ3n) is 3.11. The molecule has 1 heteroatoms.